The first-order valence-electron chi connectivity index (χ1n) is 9.65. The first-order chi connectivity index (χ1) is 15.9. The number of ether oxygens (including phenoxy) is 2. The SMILES string of the molecule is Nc1ncnc2c1nc(SC1=COC(c3ccccc3-c3cc[nH]n3)O1)n2CCS(N)(=O)=O. The van der Waals surface area contributed by atoms with Crippen LogP contribution in [0.25, 0.3) is 22.4 Å². The molecule has 0 fully saturated rings. The third-order valence-electron chi connectivity index (χ3n) is 4.82. The van der Waals surface area contributed by atoms with Crippen molar-refractivity contribution in [2.75, 3.05) is 11.5 Å². The fourth-order valence-electron chi connectivity index (χ4n) is 3.33. The summed E-state index contributed by atoms with van der Waals surface area (Å²) >= 11 is 1.15. The Morgan fingerprint density at radius 1 is 1.21 bits per heavy atom. The molecule has 0 saturated carbocycles. The molecule has 0 radical (unpaired) electrons. The minimum Gasteiger partial charge on any atom is -0.454 e. The molecule has 3 aromatic heterocycles. The molecule has 1 aliphatic heterocycles. The molecule has 5 rings (SSSR count). The molecule has 5 N–H and O–H groups in total. The molecule has 1 aliphatic rings. The van der Waals surface area contributed by atoms with Gasteiger partial charge in [0, 0.05) is 23.9 Å². The van der Waals surface area contributed by atoms with Crippen LogP contribution in [0.2, 0.25) is 0 Å². The summed E-state index contributed by atoms with van der Waals surface area (Å²) in [5.41, 5.74) is 9.11. The molecule has 12 nitrogen and oxygen atoms in total. The summed E-state index contributed by atoms with van der Waals surface area (Å²) in [6.07, 6.45) is 3.82. The Labute approximate surface area is 192 Å². The number of imidazole rings is 1. The lowest BCUT2D eigenvalue weighted by Crippen LogP contribution is -2.20. The van der Waals surface area contributed by atoms with Crippen LogP contribution < -0.4 is 10.9 Å². The van der Waals surface area contributed by atoms with Crippen LogP contribution in [0, 0.1) is 0 Å². The zero-order chi connectivity index (χ0) is 23.0. The fraction of sp³-hybridized carbons (Fsp3) is 0.158. The van der Waals surface area contributed by atoms with Crippen LogP contribution in [0.5, 0.6) is 0 Å². The molecular weight excluding hydrogens is 468 g/mol. The van der Waals surface area contributed by atoms with Gasteiger partial charge in [-0.05, 0) is 17.8 Å². The van der Waals surface area contributed by atoms with Gasteiger partial charge in [-0.25, -0.2) is 28.5 Å². The predicted octanol–water partition coefficient (Wildman–Crippen LogP) is 1.72. The molecule has 4 aromatic rings. The van der Waals surface area contributed by atoms with Gasteiger partial charge in [0.1, 0.15) is 12.6 Å². The molecule has 0 saturated heterocycles. The minimum absolute atomic E-state index is 0.0354. The van der Waals surface area contributed by atoms with Crippen molar-refractivity contribution < 1.29 is 17.9 Å². The van der Waals surface area contributed by atoms with Gasteiger partial charge in [-0.3, -0.25) is 5.10 Å². The number of nitrogens with zero attached hydrogens (tertiary/aromatic N) is 5. The number of nitrogens with two attached hydrogens (primary N) is 2. The highest BCUT2D eigenvalue weighted by molar-refractivity contribution is 8.02. The Balaban J connectivity index is 1.41. The van der Waals surface area contributed by atoms with Gasteiger partial charge in [-0.15, -0.1) is 0 Å². The fourth-order valence-corrected chi connectivity index (χ4v) is 4.61. The number of H-pyrrole nitrogens is 1. The molecule has 0 aliphatic carbocycles. The number of sulfonamides is 1. The lowest BCUT2D eigenvalue weighted by molar-refractivity contribution is -0.0269. The van der Waals surface area contributed by atoms with Gasteiger partial charge in [-0.2, -0.15) is 5.10 Å². The van der Waals surface area contributed by atoms with Crippen LogP contribution in [0.3, 0.4) is 0 Å². The second-order valence-corrected chi connectivity index (χ2v) is 9.72. The summed E-state index contributed by atoms with van der Waals surface area (Å²) in [7, 11) is -3.71. The first-order valence-corrected chi connectivity index (χ1v) is 12.2. The number of fused-ring (bicyclic) bond motifs is 1. The van der Waals surface area contributed by atoms with E-state index >= 15 is 0 Å². The van der Waals surface area contributed by atoms with Crippen LogP contribution >= 0.6 is 11.8 Å². The van der Waals surface area contributed by atoms with E-state index in [1.54, 1.807) is 10.8 Å². The Hall–Kier alpha value is -3.62. The van der Waals surface area contributed by atoms with Crippen molar-refractivity contribution in [2.45, 2.75) is 18.0 Å². The van der Waals surface area contributed by atoms with Crippen molar-refractivity contribution in [3.05, 3.63) is 59.8 Å². The normalized spacial score (nSPS) is 15.9. The lowest BCUT2D eigenvalue weighted by atomic mass is 10.0. The number of nitrogen functional groups attached to an aromatic ring is 1. The summed E-state index contributed by atoms with van der Waals surface area (Å²) in [6.45, 7) is 0.0354. The van der Waals surface area contributed by atoms with Crippen molar-refractivity contribution in [1.29, 1.82) is 0 Å². The Morgan fingerprint density at radius 2 is 2.06 bits per heavy atom. The molecule has 4 heterocycles. The quantitative estimate of drug-likeness (QED) is 0.348. The number of primary sulfonamides is 1. The van der Waals surface area contributed by atoms with E-state index in [2.05, 4.69) is 25.1 Å². The van der Waals surface area contributed by atoms with E-state index in [1.165, 1.54) is 12.6 Å². The highest BCUT2D eigenvalue weighted by Gasteiger charge is 2.27. The number of aromatic amines is 1. The second-order valence-electron chi connectivity index (χ2n) is 7.02. The molecule has 0 bridgehead atoms. The monoisotopic (exact) mass is 486 g/mol. The van der Waals surface area contributed by atoms with Gasteiger partial charge in [0.25, 0.3) is 6.29 Å². The predicted molar refractivity (Wildman–Crippen MR) is 121 cm³/mol. The number of benzene rings is 1. The van der Waals surface area contributed by atoms with Crippen LogP contribution in [0.4, 0.5) is 5.82 Å². The van der Waals surface area contributed by atoms with Gasteiger partial charge in [0.15, 0.2) is 22.1 Å². The number of nitrogens with one attached hydrogen (secondary N) is 1. The number of aryl methyl sites for hydroxylation is 1. The Kier molecular flexibility index (Phi) is 5.39. The molecule has 1 atom stereocenters. The maximum Gasteiger partial charge on any atom is 0.268 e. The van der Waals surface area contributed by atoms with Crippen molar-refractivity contribution in [2.24, 2.45) is 5.14 Å². The number of anilines is 1. The Morgan fingerprint density at radius 3 is 2.85 bits per heavy atom. The van der Waals surface area contributed by atoms with E-state index in [0.717, 1.165) is 28.6 Å². The van der Waals surface area contributed by atoms with Crippen LogP contribution in [0.1, 0.15) is 11.9 Å². The number of thioether (sulfide) groups is 1. The summed E-state index contributed by atoms with van der Waals surface area (Å²) in [5, 5.41) is 13.1. The van der Waals surface area contributed by atoms with Crippen molar-refractivity contribution in [1.82, 2.24) is 29.7 Å². The summed E-state index contributed by atoms with van der Waals surface area (Å²) < 4.78 is 36.5. The number of hydrogen-bond acceptors (Lipinski definition) is 10. The maximum absolute atomic E-state index is 11.5. The molecule has 0 spiro atoms. The van der Waals surface area contributed by atoms with Crippen molar-refractivity contribution in [3.63, 3.8) is 0 Å². The van der Waals surface area contributed by atoms with E-state index < -0.39 is 16.3 Å². The smallest absolute Gasteiger partial charge is 0.268 e. The summed E-state index contributed by atoms with van der Waals surface area (Å²) in [6, 6.07) is 9.48. The highest BCUT2D eigenvalue weighted by atomic mass is 32.2. The maximum atomic E-state index is 11.5. The van der Waals surface area contributed by atoms with E-state index in [1.807, 2.05) is 30.3 Å². The average Bonchev–Trinajstić information content (AvgIpc) is 3.53. The van der Waals surface area contributed by atoms with E-state index in [-0.39, 0.29) is 18.1 Å². The third kappa shape index (κ3) is 4.35. The van der Waals surface area contributed by atoms with Gasteiger partial charge in [-0.1, -0.05) is 24.3 Å². The van der Waals surface area contributed by atoms with Crippen LogP contribution in [-0.4, -0.2) is 43.9 Å². The van der Waals surface area contributed by atoms with E-state index in [4.69, 9.17) is 20.3 Å². The van der Waals surface area contributed by atoms with E-state index in [0.29, 0.717) is 21.4 Å². The molecular formula is C19H18N8O4S2. The third-order valence-corrected chi connectivity index (χ3v) is 6.46. The molecule has 0 amide bonds. The highest BCUT2D eigenvalue weighted by Crippen LogP contribution is 2.40. The van der Waals surface area contributed by atoms with Crippen molar-refractivity contribution in [3.8, 4) is 11.3 Å². The standard InChI is InChI=1S/C19H18N8O4S2/c20-16-15-17(23-10-22-16)27(7-8-33(21,28)29)19(25-15)32-14-9-30-18(31-14)12-4-2-1-3-11(12)13-5-6-24-26-13/h1-6,9-10,18H,7-8H2,(H,24,26)(H2,20,22,23)(H2,21,28,29). The molecule has 33 heavy (non-hydrogen) atoms. The summed E-state index contributed by atoms with van der Waals surface area (Å²) in [4.78, 5) is 12.6. The van der Waals surface area contributed by atoms with Crippen molar-refractivity contribution >= 4 is 38.8 Å². The Bertz CT molecular complexity index is 1450. The minimum atomic E-state index is -3.71. The molecule has 14 heteroatoms. The van der Waals surface area contributed by atoms with Crippen LogP contribution in [0.15, 0.2) is 59.4 Å². The van der Waals surface area contributed by atoms with Gasteiger partial charge >= 0.3 is 0 Å². The molecule has 1 aromatic carbocycles. The average molecular weight is 487 g/mol. The van der Waals surface area contributed by atoms with Crippen LogP contribution in [-0.2, 0) is 26.0 Å². The largest absolute Gasteiger partial charge is 0.454 e. The molecule has 170 valence electrons. The topological polar surface area (TPSA) is 177 Å². The number of aromatic nitrogens is 6. The second kappa shape index (κ2) is 8.38. The van der Waals surface area contributed by atoms with Gasteiger partial charge in [0.05, 0.1) is 11.4 Å². The lowest BCUT2D eigenvalue weighted by Gasteiger charge is -2.15. The van der Waals surface area contributed by atoms with Gasteiger partial charge in [0.2, 0.25) is 15.1 Å². The summed E-state index contributed by atoms with van der Waals surface area (Å²) in [5.74, 6) is -0.119. The molecule has 1 unspecified atom stereocenters. The first kappa shape index (κ1) is 21.2. The zero-order valence-corrected chi connectivity index (χ0v) is 18.6. The number of hydrogen-bond donors (Lipinski definition) is 3. The van der Waals surface area contributed by atoms with Gasteiger partial charge < -0.3 is 19.8 Å². The number of rotatable bonds is 7. The zero-order valence-electron chi connectivity index (χ0n) is 17.0. The van der Waals surface area contributed by atoms with E-state index in [9.17, 15) is 8.42 Å².